The van der Waals surface area contributed by atoms with E-state index in [0.29, 0.717) is 5.56 Å². The standard InChI is InChI=1S/C23H27F2N5O5S2/c1-4-36(32,33)30-10-9-23(14-30)22(2,28-21(26)29(3)37(23,34)35)17-11-15(5-7-18(17)25)12-20(31)19-8-6-16(24)13-27-19/h5-8,11,13H,4,9-10,12,14H2,1-3H3,(H2,26,28)/t22-,23-/m1/s1. The third-order valence-electron chi connectivity index (χ3n) is 7.29. The van der Waals surface area contributed by atoms with Gasteiger partial charge in [-0.05, 0) is 50.1 Å². The fourth-order valence-electron chi connectivity index (χ4n) is 4.99. The number of carbonyl (C=O) groups is 1. The van der Waals surface area contributed by atoms with Gasteiger partial charge < -0.3 is 5.73 Å². The number of pyridine rings is 1. The van der Waals surface area contributed by atoms with Gasteiger partial charge in [0, 0.05) is 32.1 Å². The number of carbonyl (C=O) groups excluding carboxylic acids is 1. The molecule has 200 valence electrons. The van der Waals surface area contributed by atoms with Crippen molar-refractivity contribution in [2.45, 2.75) is 37.0 Å². The molecule has 14 heteroatoms. The Kier molecular flexibility index (Phi) is 6.66. The van der Waals surface area contributed by atoms with Crippen LogP contribution in [0.3, 0.4) is 0 Å². The van der Waals surface area contributed by atoms with E-state index in [2.05, 4.69) is 9.98 Å². The minimum atomic E-state index is -4.32. The summed E-state index contributed by atoms with van der Waals surface area (Å²) in [4.78, 5) is 20.9. The summed E-state index contributed by atoms with van der Waals surface area (Å²) in [5, 5.41) is 0. The summed E-state index contributed by atoms with van der Waals surface area (Å²) >= 11 is 0. The number of nitrogens with zero attached hydrogens (tertiary/aromatic N) is 4. The molecule has 2 aromatic rings. The zero-order chi connectivity index (χ0) is 27.4. The van der Waals surface area contributed by atoms with E-state index >= 15 is 4.39 Å². The van der Waals surface area contributed by atoms with Crippen LogP contribution in [-0.2, 0) is 32.0 Å². The van der Waals surface area contributed by atoms with Gasteiger partial charge in [0.15, 0.2) is 5.78 Å². The maximum Gasteiger partial charge on any atom is 0.247 e. The quantitative estimate of drug-likeness (QED) is 0.531. The van der Waals surface area contributed by atoms with Gasteiger partial charge in [0.1, 0.15) is 27.6 Å². The van der Waals surface area contributed by atoms with E-state index in [1.807, 2.05) is 0 Å². The first-order chi connectivity index (χ1) is 17.2. The molecule has 0 aliphatic carbocycles. The largest absolute Gasteiger partial charge is 0.369 e. The van der Waals surface area contributed by atoms with Crippen molar-refractivity contribution in [3.8, 4) is 0 Å². The predicted octanol–water partition coefficient (Wildman–Crippen LogP) is 1.38. The Morgan fingerprint density at radius 1 is 1.22 bits per heavy atom. The maximum absolute atomic E-state index is 15.4. The average Bonchev–Trinajstić information content (AvgIpc) is 3.33. The minimum Gasteiger partial charge on any atom is -0.369 e. The second-order valence-corrected chi connectivity index (χ2v) is 13.8. The van der Waals surface area contributed by atoms with Gasteiger partial charge in [0.25, 0.3) is 0 Å². The number of Topliss-reactive ketones (excluding diaryl/α,β-unsaturated/α-hetero) is 1. The second kappa shape index (κ2) is 9.10. The first-order valence-corrected chi connectivity index (χ1v) is 14.5. The lowest BCUT2D eigenvalue weighted by atomic mass is 9.77. The van der Waals surface area contributed by atoms with E-state index in [9.17, 15) is 26.0 Å². The molecule has 0 unspecified atom stereocenters. The van der Waals surface area contributed by atoms with Gasteiger partial charge in [0.2, 0.25) is 26.0 Å². The third-order valence-corrected chi connectivity index (χ3v) is 11.7. The van der Waals surface area contributed by atoms with Crippen molar-refractivity contribution in [3.63, 3.8) is 0 Å². The van der Waals surface area contributed by atoms with E-state index in [1.165, 1.54) is 39.1 Å². The highest BCUT2D eigenvalue weighted by atomic mass is 32.2. The molecule has 1 fully saturated rings. The smallest absolute Gasteiger partial charge is 0.247 e. The number of guanidine groups is 1. The molecular formula is C23H27F2N5O5S2. The molecule has 10 nitrogen and oxygen atoms in total. The average molecular weight is 556 g/mol. The summed E-state index contributed by atoms with van der Waals surface area (Å²) in [7, 11) is -6.86. The first-order valence-electron chi connectivity index (χ1n) is 11.4. The zero-order valence-electron chi connectivity index (χ0n) is 20.5. The Morgan fingerprint density at radius 3 is 2.54 bits per heavy atom. The number of sulfonamides is 2. The highest BCUT2D eigenvalue weighted by Crippen LogP contribution is 2.52. The summed E-state index contributed by atoms with van der Waals surface area (Å²) < 4.78 is 81.5. The predicted molar refractivity (Wildman–Crippen MR) is 133 cm³/mol. The van der Waals surface area contributed by atoms with Gasteiger partial charge in [0.05, 0.1) is 11.9 Å². The van der Waals surface area contributed by atoms with Crippen LogP contribution in [0.1, 0.15) is 41.9 Å². The third kappa shape index (κ3) is 4.20. The van der Waals surface area contributed by atoms with Gasteiger partial charge in [-0.15, -0.1) is 0 Å². The molecule has 0 bridgehead atoms. The molecule has 2 atom stereocenters. The molecule has 2 aliphatic heterocycles. The fourth-order valence-corrected chi connectivity index (χ4v) is 8.36. The number of rotatable bonds is 6. The molecule has 0 saturated carbocycles. The van der Waals surface area contributed by atoms with Crippen LogP contribution < -0.4 is 5.73 Å². The first kappa shape index (κ1) is 27.1. The lowest BCUT2D eigenvalue weighted by Crippen LogP contribution is -2.66. The van der Waals surface area contributed by atoms with Crippen LogP contribution >= 0.6 is 0 Å². The van der Waals surface area contributed by atoms with Gasteiger partial charge in [-0.2, -0.15) is 0 Å². The monoisotopic (exact) mass is 555 g/mol. The molecule has 1 aromatic heterocycles. The Hall–Kier alpha value is -2.97. The van der Waals surface area contributed by atoms with Gasteiger partial charge in [-0.1, -0.05) is 6.07 Å². The molecule has 37 heavy (non-hydrogen) atoms. The fraction of sp³-hybridized carbons (Fsp3) is 0.435. The highest BCUT2D eigenvalue weighted by Gasteiger charge is 2.67. The van der Waals surface area contributed by atoms with Crippen molar-refractivity contribution in [3.05, 3.63) is 65.0 Å². The number of nitrogens with two attached hydrogens (primary N) is 1. The molecule has 4 rings (SSSR count). The Labute approximate surface area is 214 Å². The van der Waals surface area contributed by atoms with Crippen LogP contribution in [0, 0.1) is 11.6 Å². The van der Waals surface area contributed by atoms with Crippen molar-refractivity contribution >= 4 is 31.8 Å². The topological polar surface area (TPSA) is 143 Å². The second-order valence-electron chi connectivity index (χ2n) is 9.27. The van der Waals surface area contributed by atoms with E-state index in [0.717, 1.165) is 26.9 Å². The van der Waals surface area contributed by atoms with Crippen molar-refractivity contribution in [2.24, 2.45) is 10.7 Å². The lowest BCUT2D eigenvalue weighted by Gasteiger charge is -2.48. The van der Waals surface area contributed by atoms with Crippen molar-refractivity contribution < 1.29 is 30.4 Å². The van der Waals surface area contributed by atoms with Crippen LogP contribution in [-0.4, -0.2) is 72.8 Å². The summed E-state index contributed by atoms with van der Waals surface area (Å²) in [6.45, 7) is 2.33. The Bertz CT molecular complexity index is 1500. The molecule has 0 amide bonds. The van der Waals surface area contributed by atoms with Gasteiger partial charge in [-0.3, -0.25) is 9.78 Å². The molecular weight excluding hydrogens is 528 g/mol. The number of ketones is 1. The number of hydrogen-bond donors (Lipinski definition) is 1. The number of aliphatic imine (C=N–C) groups is 1. The molecule has 3 heterocycles. The Morgan fingerprint density at radius 2 is 1.92 bits per heavy atom. The van der Waals surface area contributed by atoms with Crippen LogP contribution in [0.2, 0.25) is 0 Å². The Balaban J connectivity index is 1.84. The lowest BCUT2D eigenvalue weighted by molar-refractivity contribution is 0.0988. The molecule has 2 N–H and O–H groups in total. The number of benzene rings is 1. The van der Waals surface area contributed by atoms with Crippen molar-refractivity contribution in [1.29, 1.82) is 0 Å². The van der Waals surface area contributed by atoms with Crippen molar-refractivity contribution in [2.75, 3.05) is 25.9 Å². The number of halogens is 2. The summed E-state index contributed by atoms with van der Waals surface area (Å²) in [6, 6.07) is 6.13. The molecule has 1 saturated heterocycles. The minimum absolute atomic E-state index is 0.00954. The molecule has 1 aromatic carbocycles. The molecule has 1 spiro atoms. The number of aromatic nitrogens is 1. The van der Waals surface area contributed by atoms with Gasteiger partial charge >= 0.3 is 0 Å². The summed E-state index contributed by atoms with van der Waals surface area (Å²) in [5.74, 6) is -2.46. The normalized spacial score (nSPS) is 25.9. The number of hydrogen-bond acceptors (Lipinski definition) is 8. The van der Waals surface area contributed by atoms with Crippen LogP contribution in [0.25, 0.3) is 0 Å². The van der Waals surface area contributed by atoms with E-state index < -0.39 is 54.3 Å². The van der Waals surface area contributed by atoms with Crippen LogP contribution in [0.4, 0.5) is 8.78 Å². The van der Waals surface area contributed by atoms with Crippen LogP contribution in [0.15, 0.2) is 41.5 Å². The van der Waals surface area contributed by atoms with E-state index in [-0.39, 0.29) is 42.4 Å². The SMILES string of the molecule is CCS(=O)(=O)N1CC[C@@]2(C1)[C@@](C)(c1cc(CC(=O)c3ccc(F)cn3)ccc1F)N=C(N)N(C)S2(=O)=O. The van der Waals surface area contributed by atoms with Gasteiger partial charge in [-0.25, -0.2) is 39.2 Å². The van der Waals surface area contributed by atoms with Crippen LogP contribution in [0.5, 0.6) is 0 Å². The molecule has 0 radical (unpaired) electrons. The zero-order valence-corrected chi connectivity index (χ0v) is 22.1. The van der Waals surface area contributed by atoms with E-state index in [1.54, 1.807) is 0 Å². The van der Waals surface area contributed by atoms with E-state index in [4.69, 9.17) is 5.73 Å². The maximum atomic E-state index is 15.4. The highest BCUT2D eigenvalue weighted by molar-refractivity contribution is 7.91. The van der Waals surface area contributed by atoms with Crippen molar-refractivity contribution in [1.82, 2.24) is 13.6 Å². The molecule has 2 aliphatic rings. The summed E-state index contributed by atoms with van der Waals surface area (Å²) in [5.41, 5.74) is 4.36. The summed E-state index contributed by atoms with van der Waals surface area (Å²) in [6.07, 6.45) is 0.538.